The summed E-state index contributed by atoms with van der Waals surface area (Å²) in [6, 6.07) is 15.4. The smallest absolute Gasteiger partial charge is 0.328 e. The Labute approximate surface area is 223 Å². The van der Waals surface area contributed by atoms with Crippen molar-refractivity contribution in [2.24, 2.45) is 5.73 Å². The number of aromatic nitrogens is 3. The zero-order valence-corrected chi connectivity index (χ0v) is 22.8. The lowest BCUT2D eigenvalue weighted by Crippen LogP contribution is -2.40. The van der Waals surface area contributed by atoms with E-state index in [1.807, 2.05) is 35.9 Å². The number of imidazole rings is 1. The number of urea groups is 1. The highest BCUT2D eigenvalue weighted by molar-refractivity contribution is 7.90. The molecule has 4 rings (SSSR count). The number of fused-ring (bicyclic) bond motifs is 1. The Morgan fingerprint density at radius 3 is 2.32 bits per heavy atom. The molecule has 2 aromatic carbocycles. The Morgan fingerprint density at radius 2 is 1.66 bits per heavy atom. The van der Waals surface area contributed by atoms with Gasteiger partial charge in [0, 0.05) is 30.9 Å². The summed E-state index contributed by atoms with van der Waals surface area (Å²) in [5.74, 6) is 0.994. The van der Waals surface area contributed by atoms with Crippen molar-refractivity contribution < 1.29 is 13.2 Å². The summed E-state index contributed by atoms with van der Waals surface area (Å²) < 4.78 is 29.1. The molecule has 0 atom stereocenters. The number of amides is 2. The molecule has 0 radical (unpaired) electrons. The summed E-state index contributed by atoms with van der Waals surface area (Å²) in [5, 5.41) is 2.62. The van der Waals surface area contributed by atoms with Crippen LogP contribution in [-0.4, -0.2) is 35.5 Å². The number of unbranched alkanes of at least 4 members (excludes halogenated alkanes) is 1. The molecule has 2 heterocycles. The third kappa shape index (κ3) is 6.20. The van der Waals surface area contributed by atoms with Crippen LogP contribution in [0.2, 0.25) is 0 Å². The minimum Gasteiger partial charge on any atom is -0.337 e. The molecule has 200 valence electrons. The molecule has 0 saturated heterocycles. The number of nitrogens with two attached hydrogens (primary N) is 1. The maximum atomic E-state index is 12.4. The maximum Gasteiger partial charge on any atom is 0.328 e. The second kappa shape index (κ2) is 11.7. The first-order valence-electron chi connectivity index (χ1n) is 12.8. The van der Waals surface area contributed by atoms with Gasteiger partial charge >= 0.3 is 6.03 Å². The Balaban J connectivity index is 1.41. The van der Waals surface area contributed by atoms with E-state index in [1.165, 1.54) is 12.1 Å². The fourth-order valence-corrected chi connectivity index (χ4v) is 5.26. The monoisotopic (exact) mass is 534 g/mol. The summed E-state index contributed by atoms with van der Waals surface area (Å²) in [7, 11) is -3.96. The van der Waals surface area contributed by atoms with Crippen molar-refractivity contribution >= 4 is 27.2 Å². The van der Waals surface area contributed by atoms with E-state index >= 15 is 0 Å². The zero-order valence-electron chi connectivity index (χ0n) is 22.0. The van der Waals surface area contributed by atoms with Gasteiger partial charge in [-0.2, -0.15) is 0 Å². The Bertz CT molecular complexity index is 1530. The lowest BCUT2D eigenvalue weighted by atomic mass is 10.1. The number of benzene rings is 2. The van der Waals surface area contributed by atoms with E-state index in [0.29, 0.717) is 13.0 Å². The van der Waals surface area contributed by atoms with Gasteiger partial charge in [0.15, 0.2) is 5.65 Å². The van der Waals surface area contributed by atoms with Crippen molar-refractivity contribution in [3.05, 3.63) is 82.8 Å². The second-order valence-electron chi connectivity index (χ2n) is 9.35. The number of hydrogen-bond acceptors (Lipinski definition) is 6. The number of pyridine rings is 1. The molecule has 2 amide bonds. The van der Waals surface area contributed by atoms with E-state index in [9.17, 15) is 13.2 Å². The molecule has 0 spiro atoms. The van der Waals surface area contributed by atoms with Crippen molar-refractivity contribution in [1.29, 1.82) is 0 Å². The van der Waals surface area contributed by atoms with E-state index in [-0.39, 0.29) is 11.4 Å². The van der Waals surface area contributed by atoms with Gasteiger partial charge in [0.25, 0.3) is 10.0 Å². The Morgan fingerprint density at radius 1 is 0.974 bits per heavy atom. The molecule has 0 aliphatic heterocycles. The van der Waals surface area contributed by atoms with Crippen LogP contribution in [0.25, 0.3) is 16.9 Å². The zero-order chi connectivity index (χ0) is 27.3. The van der Waals surface area contributed by atoms with Gasteiger partial charge in [-0.3, -0.25) is 4.57 Å². The van der Waals surface area contributed by atoms with Crippen LogP contribution >= 0.6 is 0 Å². The van der Waals surface area contributed by atoms with Gasteiger partial charge in [-0.05, 0) is 73.7 Å². The van der Waals surface area contributed by atoms with Crippen LogP contribution < -0.4 is 15.8 Å². The topological polar surface area (TPSA) is 132 Å². The highest BCUT2D eigenvalue weighted by atomic mass is 32.2. The number of nitrogens with zero attached hydrogens (tertiary/aromatic N) is 3. The number of nitrogens with one attached hydrogen (secondary N) is 2. The summed E-state index contributed by atoms with van der Waals surface area (Å²) >= 11 is 0. The number of carbonyl (C=O) groups excluding carboxylic acids is 1. The van der Waals surface area contributed by atoms with E-state index in [2.05, 4.69) is 29.8 Å². The van der Waals surface area contributed by atoms with Gasteiger partial charge in [-0.1, -0.05) is 37.6 Å². The predicted molar refractivity (Wildman–Crippen MR) is 149 cm³/mol. The van der Waals surface area contributed by atoms with Crippen molar-refractivity contribution in [3.8, 4) is 5.69 Å². The fourth-order valence-electron chi connectivity index (χ4n) is 4.33. The molecule has 10 heteroatoms. The fraction of sp³-hybridized carbons (Fsp3) is 0.321. The first kappa shape index (κ1) is 27.3. The normalized spacial score (nSPS) is 11.6. The highest BCUT2D eigenvalue weighted by Gasteiger charge is 2.18. The number of sulfonamides is 1. The van der Waals surface area contributed by atoms with Gasteiger partial charge in [-0.15, -0.1) is 0 Å². The van der Waals surface area contributed by atoms with Crippen LogP contribution in [0, 0.1) is 13.8 Å². The quantitative estimate of drug-likeness (QED) is 0.281. The summed E-state index contributed by atoms with van der Waals surface area (Å²) in [6.45, 7) is 6.81. The van der Waals surface area contributed by atoms with E-state index in [1.54, 1.807) is 12.1 Å². The first-order chi connectivity index (χ1) is 18.2. The number of hydrogen-bond donors (Lipinski definition) is 3. The molecule has 9 nitrogen and oxygen atoms in total. The molecule has 0 unspecified atom stereocenters. The van der Waals surface area contributed by atoms with Crippen molar-refractivity contribution in [3.63, 3.8) is 0 Å². The lowest BCUT2D eigenvalue weighted by molar-refractivity contribution is 0.246. The van der Waals surface area contributed by atoms with E-state index in [0.717, 1.165) is 64.3 Å². The van der Waals surface area contributed by atoms with Gasteiger partial charge in [0.1, 0.15) is 11.3 Å². The highest BCUT2D eigenvalue weighted by Crippen LogP contribution is 2.25. The van der Waals surface area contributed by atoms with Gasteiger partial charge in [0.2, 0.25) is 0 Å². The molecular weight excluding hydrogens is 500 g/mol. The summed E-state index contributed by atoms with van der Waals surface area (Å²) in [5.41, 5.74) is 12.2. The minimum atomic E-state index is -3.96. The lowest BCUT2D eigenvalue weighted by Gasteiger charge is -2.11. The van der Waals surface area contributed by atoms with E-state index in [4.69, 9.17) is 15.7 Å². The van der Waals surface area contributed by atoms with Crippen LogP contribution in [0.4, 0.5) is 4.79 Å². The number of rotatable bonds is 10. The van der Waals surface area contributed by atoms with Crippen LogP contribution in [0.5, 0.6) is 0 Å². The SMILES string of the molecule is CCCCc1nc2c(C)cc(C)nc2n1-c1ccc(CCNC(=O)NS(=O)(=O)c2ccc(CN)cc2)cc1. The van der Waals surface area contributed by atoms with Crippen LogP contribution in [-0.2, 0) is 29.4 Å². The number of aryl methyl sites for hydroxylation is 3. The minimum absolute atomic E-state index is 0.00523. The molecule has 0 aliphatic rings. The van der Waals surface area contributed by atoms with Gasteiger partial charge in [-0.25, -0.2) is 27.9 Å². The predicted octanol–water partition coefficient (Wildman–Crippen LogP) is 4.07. The summed E-state index contributed by atoms with van der Waals surface area (Å²) in [6.07, 6.45) is 3.53. The molecule has 2 aromatic heterocycles. The molecule has 4 N–H and O–H groups in total. The Hall–Kier alpha value is -3.76. The second-order valence-corrected chi connectivity index (χ2v) is 11.0. The first-order valence-corrected chi connectivity index (χ1v) is 14.2. The van der Waals surface area contributed by atoms with Gasteiger partial charge in [0.05, 0.1) is 4.90 Å². The maximum absolute atomic E-state index is 12.4. The summed E-state index contributed by atoms with van der Waals surface area (Å²) in [4.78, 5) is 21.9. The van der Waals surface area contributed by atoms with Crippen molar-refractivity contribution in [1.82, 2.24) is 24.6 Å². The van der Waals surface area contributed by atoms with E-state index < -0.39 is 16.1 Å². The van der Waals surface area contributed by atoms with Crippen LogP contribution in [0.3, 0.4) is 0 Å². The largest absolute Gasteiger partial charge is 0.337 e. The third-order valence-corrected chi connectivity index (χ3v) is 7.69. The molecule has 0 saturated carbocycles. The third-order valence-electron chi connectivity index (χ3n) is 6.35. The van der Waals surface area contributed by atoms with Crippen molar-refractivity contribution in [2.75, 3.05) is 6.54 Å². The molecule has 0 aliphatic carbocycles. The number of carbonyl (C=O) groups is 1. The van der Waals surface area contributed by atoms with Crippen molar-refractivity contribution in [2.45, 2.75) is 57.9 Å². The molecular formula is C28H34N6O3S. The molecule has 4 aromatic rings. The van der Waals surface area contributed by atoms with Crippen LogP contribution in [0.15, 0.2) is 59.5 Å². The standard InChI is InChI=1S/C28H34N6O3S/c1-4-5-6-25-32-26-19(2)17-20(3)31-27(26)34(25)23-11-7-21(8-12-23)15-16-30-28(35)33-38(36,37)24-13-9-22(18-29)10-14-24/h7-14,17H,4-6,15-16,18,29H2,1-3H3,(H2,30,33,35). The van der Waals surface area contributed by atoms with Crippen LogP contribution in [0.1, 0.15) is 48.0 Å². The molecule has 38 heavy (non-hydrogen) atoms. The average Bonchev–Trinajstić information content (AvgIpc) is 3.26. The molecule has 0 bridgehead atoms. The average molecular weight is 535 g/mol. The van der Waals surface area contributed by atoms with Gasteiger partial charge < -0.3 is 11.1 Å². The molecule has 0 fully saturated rings. The Kier molecular flexibility index (Phi) is 8.43.